The van der Waals surface area contributed by atoms with Crippen molar-refractivity contribution in [3.05, 3.63) is 12.2 Å². The van der Waals surface area contributed by atoms with Crippen LogP contribution in [0.4, 0.5) is 0 Å². The molecule has 0 saturated heterocycles. The summed E-state index contributed by atoms with van der Waals surface area (Å²) in [6, 6.07) is -0.891. The molecule has 0 radical (unpaired) electrons. The number of nitrogens with two attached hydrogens (primary N) is 1. The van der Waals surface area contributed by atoms with Crippen molar-refractivity contribution in [1.29, 1.82) is 0 Å². The average Bonchev–Trinajstić information content (AvgIpc) is 2.90. The van der Waals surface area contributed by atoms with Gasteiger partial charge in [0, 0.05) is 31.2 Å². The van der Waals surface area contributed by atoms with Gasteiger partial charge in [0.1, 0.15) is 6.04 Å². The maximum absolute atomic E-state index is 12.1. The fourth-order valence-electron chi connectivity index (χ4n) is 3.28. The Morgan fingerprint density at radius 1 is 1.20 bits per heavy atom. The zero-order valence-electron chi connectivity index (χ0n) is 14.1. The third kappa shape index (κ3) is 5.38. The molecule has 1 aliphatic heterocycles. The van der Waals surface area contributed by atoms with Crippen molar-refractivity contribution in [1.82, 2.24) is 10.2 Å². The fourth-order valence-corrected chi connectivity index (χ4v) is 3.28. The van der Waals surface area contributed by atoms with Gasteiger partial charge in [-0.2, -0.15) is 0 Å². The van der Waals surface area contributed by atoms with E-state index in [0.717, 1.165) is 25.7 Å². The topological polar surface area (TPSA) is 130 Å². The van der Waals surface area contributed by atoms with Crippen molar-refractivity contribution in [2.45, 2.75) is 44.6 Å². The molecule has 0 aromatic heterocycles. The summed E-state index contributed by atoms with van der Waals surface area (Å²) in [6.07, 6.45) is 6.51. The number of carboxylic acid groups (broad SMARTS) is 1. The number of nitrogens with zero attached hydrogens (tertiary/aromatic N) is 1. The van der Waals surface area contributed by atoms with E-state index in [1.54, 1.807) is 0 Å². The number of nitrogens with one attached hydrogen (secondary N) is 1. The third-order valence-corrected chi connectivity index (χ3v) is 4.87. The zero-order chi connectivity index (χ0) is 18.4. The van der Waals surface area contributed by atoms with Crippen LogP contribution in [0.3, 0.4) is 0 Å². The Hall–Kier alpha value is -2.22. The van der Waals surface area contributed by atoms with Gasteiger partial charge in [0.15, 0.2) is 0 Å². The minimum atomic E-state index is -1.03. The molecule has 8 nitrogen and oxygen atoms in total. The van der Waals surface area contributed by atoms with Crippen LogP contribution in [0.15, 0.2) is 12.2 Å². The monoisotopic (exact) mass is 351 g/mol. The predicted molar refractivity (Wildman–Crippen MR) is 89.2 cm³/mol. The molecule has 4 N–H and O–H groups in total. The second-order valence-electron chi connectivity index (χ2n) is 6.72. The summed E-state index contributed by atoms with van der Waals surface area (Å²) in [7, 11) is 0. The third-order valence-electron chi connectivity index (χ3n) is 4.87. The van der Waals surface area contributed by atoms with Crippen molar-refractivity contribution < 1.29 is 24.3 Å². The van der Waals surface area contributed by atoms with Crippen molar-refractivity contribution in [2.75, 3.05) is 13.1 Å². The molecule has 0 bridgehead atoms. The van der Waals surface area contributed by atoms with Crippen molar-refractivity contribution >= 4 is 23.7 Å². The van der Waals surface area contributed by atoms with Crippen LogP contribution < -0.4 is 11.1 Å². The zero-order valence-corrected chi connectivity index (χ0v) is 14.1. The van der Waals surface area contributed by atoms with E-state index < -0.39 is 12.0 Å². The van der Waals surface area contributed by atoms with Gasteiger partial charge >= 0.3 is 5.97 Å². The molecule has 1 heterocycles. The Labute approximate surface area is 146 Å². The molecule has 138 valence electrons. The quantitative estimate of drug-likeness (QED) is 0.418. The molecule has 2 aliphatic rings. The first-order valence-corrected chi connectivity index (χ1v) is 8.68. The second kappa shape index (κ2) is 8.75. The van der Waals surface area contributed by atoms with Gasteiger partial charge in [-0.05, 0) is 44.4 Å². The number of carboxylic acids is 1. The van der Waals surface area contributed by atoms with E-state index >= 15 is 0 Å². The highest BCUT2D eigenvalue weighted by atomic mass is 16.4. The van der Waals surface area contributed by atoms with Gasteiger partial charge in [-0.1, -0.05) is 0 Å². The van der Waals surface area contributed by atoms with Crippen LogP contribution >= 0.6 is 0 Å². The predicted octanol–water partition coefficient (Wildman–Crippen LogP) is 0.0261. The molecule has 25 heavy (non-hydrogen) atoms. The summed E-state index contributed by atoms with van der Waals surface area (Å²) >= 11 is 0. The standard InChI is InChI=1S/C17H25N3O5/c18-13(17(24)25)2-1-9-19-16(23)12-5-3-11(4-6-12)10-20-14(21)7-8-15(20)22/h7-8,11-13H,1-6,9-10,18H2,(H,19,23)(H,24,25)/t11?,12?,13-/m1/s1. The Morgan fingerprint density at radius 2 is 1.80 bits per heavy atom. The number of carbonyl (C=O) groups is 4. The van der Waals surface area contributed by atoms with E-state index in [2.05, 4.69) is 5.32 Å². The average molecular weight is 351 g/mol. The summed E-state index contributed by atoms with van der Waals surface area (Å²) in [5, 5.41) is 11.5. The number of hydrogen-bond donors (Lipinski definition) is 3. The van der Waals surface area contributed by atoms with Crippen LogP contribution in [0.2, 0.25) is 0 Å². The maximum Gasteiger partial charge on any atom is 0.320 e. The Balaban J connectivity index is 1.64. The number of aliphatic carboxylic acids is 1. The van der Waals surface area contributed by atoms with Crippen LogP contribution in [-0.2, 0) is 19.2 Å². The number of hydrogen-bond acceptors (Lipinski definition) is 5. The lowest BCUT2D eigenvalue weighted by atomic mass is 9.81. The van der Waals surface area contributed by atoms with Gasteiger partial charge in [0.2, 0.25) is 5.91 Å². The summed E-state index contributed by atoms with van der Waals surface area (Å²) in [5.41, 5.74) is 5.41. The van der Waals surface area contributed by atoms with Gasteiger partial charge in [0.25, 0.3) is 11.8 Å². The van der Waals surface area contributed by atoms with Gasteiger partial charge in [-0.15, -0.1) is 0 Å². The highest BCUT2D eigenvalue weighted by Crippen LogP contribution is 2.30. The van der Waals surface area contributed by atoms with Crippen molar-refractivity contribution in [3.63, 3.8) is 0 Å². The van der Waals surface area contributed by atoms with Gasteiger partial charge in [-0.25, -0.2) is 0 Å². The van der Waals surface area contributed by atoms with Crippen LogP contribution in [0.1, 0.15) is 38.5 Å². The summed E-state index contributed by atoms with van der Waals surface area (Å²) in [5.74, 6) is -1.39. The first-order valence-electron chi connectivity index (χ1n) is 8.68. The van der Waals surface area contributed by atoms with E-state index in [0.29, 0.717) is 25.9 Å². The van der Waals surface area contributed by atoms with E-state index in [1.807, 2.05) is 0 Å². The molecule has 0 aromatic rings. The van der Waals surface area contributed by atoms with E-state index in [-0.39, 0.29) is 29.6 Å². The number of carbonyl (C=O) groups excluding carboxylic acids is 3. The molecular weight excluding hydrogens is 326 g/mol. The van der Waals surface area contributed by atoms with Gasteiger partial charge < -0.3 is 16.2 Å². The molecule has 1 aliphatic carbocycles. The molecule has 8 heteroatoms. The second-order valence-corrected chi connectivity index (χ2v) is 6.72. The maximum atomic E-state index is 12.1. The summed E-state index contributed by atoms with van der Waals surface area (Å²) < 4.78 is 0. The van der Waals surface area contributed by atoms with E-state index in [4.69, 9.17) is 10.8 Å². The summed E-state index contributed by atoms with van der Waals surface area (Å²) in [4.78, 5) is 47.2. The number of rotatable bonds is 8. The highest BCUT2D eigenvalue weighted by molar-refractivity contribution is 6.12. The van der Waals surface area contributed by atoms with Crippen molar-refractivity contribution in [3.8, 4) is 0 Å². The molecule has 0 spiro atoms. The SMILES string of the molecule is N[C@H](CCCNC(=O)C1CCC(CN2C(=O)C=CC2=O)CC1)C(=O)O. The molecule has 1 atom stereocenters. The minimum absolute atomic E-state index is 0.0164. The molecular formula is C17H25N3O5. The molecule has 0 aromatic carbocycles. The normalized spacial score (nSPS) is 24.4. The Bertz CT molecular complexity index is 549. The number of amides is 3. The minimum Gasteiger partial charge on any atom is -0.480 e. The molecule has 1 saturated carbocycles. The first-order chi connectivity index (χ1) is 11.9. The van der Waals surface area contributed by atoms with Gasteiger partial charge in [0.05, 0.1) is 0 Å². The lowest BCUT2D eigenvalue weighted by Gasteiger charge is -2.30. The Kier molecular flexibility index (Phi) is 6.69. The Morgan fingerprint density at radius 3 is 2.36 bits per heavy atom. The van der Waals surface area contributed by atoms with Crippen LogP contribution in [0, 0.1) is 11.8 Å². The summed E-state index contributed by atoms with van der Waals surface area (Å²) in [6.45, 7) is 0.842. The smallest absolute Gasteiger partial charge is 0.320 e. The molecule has 0 unspecified atom stereocenters. The molecule has 3 amide bonds. The lowest BCUT2D eigenvalue weighted by molar-refractivity contribution is -0.139. The molecule has 1 fully saturated rings. The van der Waals surface area contributed by atoms with Crippen LogP contribution in [0.5, 0.6) is 0 Å². The van der Waals surface area contributed by atoms with Gasteiger partial charge in [-0.3, -0.25) is 24.1 Å². The van der Waals surface area contributed by atoms with Crippen molar-refractivity contribution in [2.24, 2.45) is 17.6 Å². The first kappa shape index (κ1) is 19.1. The van der Waals surface area contributed by atoms with E-state index in [9.17, 15) is 19.2 Å². The number of imide groups is 1. The lowest BCUT2D eigenvalue weighted by Crippen LogP contribution is -2.38. The van der Waals surface area contributed by atoms with E-state index in [1.165, 1.54) is 17.1 Å². The highest BCUT2D eigenvalue weighted by Gasteiger charge is 2.31. The van der Waals surface area contributed by atoms with Crippen LogP contribution in [0.25, 0.3) is 0 Å². The largest absolute Gasteiger partial charge is 0.480 e. The molecule has 2 rings (SSSR count). The van der Waals surface area contributed by atoms with Crippen LogP contribution in [-0.4, -0.2) is 52.8 Å². The fraction of sp³-hybridized carbons (Fsp3) is 0.647.